The number of halogens is 1. The number of carbonyl (C=O) groups is 1. The highest BCUT2D eigenvalue weighted by atomic mass is 35.5. The number of aromatic nitrogens is 2. The summed E-state index contributed by atoms with van der Waals surface area (Å²) in [4.78, 5) is 14.1. The first-order valence-electron chi connectivity index (χ1n) is 7.41. The molecule has 118 valence electrons. The van der Waals surface area contributed by atoms with Gasteiger partial charge in [0.25, 0.3) is 0 Å². The Bertz CT molecular complexity index is 458. The molecule has 2 heterocycles. The molecule has 0 unspecified atom stereocenters. The van der Waals surface area contributed by atoms with Crippen molar-refractivity contribution in [2.45, 2.75) is 26.3 Å². The highest BCUT2D eigenvalue weighted by Crippen LogP contribution is 2.13. The lowest BCUT2D eigenvalue weighted by Gasteiger charge is -2.26. The zero-order valence-corrected chi connectivity index (χ0v) is 13.2. The summed E-state index contributed by atoms with van der Waals surface area (Å²) in [6.07, 6.45) is 3.01. The number of carbonyl (C=O) groups excluding carboxylic acids is 1. The van der Waals surface area contributed by atoms with Gasteiger partial charge in [-0.25, -0.2) is 0 Å². The quantitative estimate of drug-likeness (QED) is 0.765. The van der Waals surface area contributed by atoms with Crippen LogP contribution in [0.2, 0.25) is 5.02 Å². The third-order valence-electron chi connectivity index (χ3n) is 3.67. The van der Waals surface area contributed by atoms with Crippen LogP contribution in [0.15, 0.2) is 6.20 Å². The summed E-state index contributed by atoms with van der Waals surface area (Å²) in [5, 5.41) is 7.72. The van der Waals surface area contributed by atoms with Crippen LogP contribution in [-0.4, -0.2) is 60.0 Å². The van der Waals surface area contributed by atoms with Gasteiger partial charge in [-0.15, -0.1) is 0 Å². The Morgan fingerprint density at radius 3 is 2.86 bits per heavy atom. The molecule has 1 aliphatic heterocycles. The van der Waals surface area contributed by atoms with Gasteiger partial charge in [0, 0.05) is 26.1 Å². The zero-order chi connectivity index (χ0) is 15.1. The predicted molar refractivity (Wildman–Crippen MR) is 81.5 cm³/mol. The molecule has 1 N–H and O–H groups in total. The lowest BCUT2D eigenvalue weighted by atomic mass is 10.3. The van der Waals surface area contributed by atoms with E-state index < -0.39 is 0 Å². The van der Waals surface area contributed by atoms with Crippen LogP contribution in [0, 0.1) is 6.92 Å². The second kappa shape index (κ2) is 8.36. The van der Waals surface area contributed by atoms with Crippen LogP contribution in [0.25, 0.3) is 0 Å². The summed E-state index contributed by atoms with van der Waals surface area (Å²) in [6.45, 7) is 7.81. The van der Waals surface area contributed by atoms with Crippen molar-refractivity contribution in [3.05, 3.63) is 16.9 Å². The van der Waals surface area contributed by atoms with Crippen LogP contribution in [0.5, 0.6) is 0 Å². The van der Waals surface area contributed by atoms with Crippen molar-refractivity contribution >= 4 is 17.5 Å². The fourth-order valence-corrected chi connectivity index (χ4v) is 2.44. The molecule has 0 bridgehead atoms. The Morgan fingerprint density at radius 2 is 2.19 bits per heavy atom. The van der Waals surface area contributed by atoms with Crippen molar-refractivity contribution in [3.63, 3.8) is 0 Å². The highest BCUT2D eigenvalue weighted by Gasteiger charge is 2.10. The van der Waals surface area contributed by atoms with E-state index in [4.69, 9.17) is 16.3 Å². The minimum Gasteiger partial charge on any atom is -0.379 e. The molecule has 0 saturated carbocycles. The monoisotopic (exact) mass is 314 g/mol. The van der Waals surface area contributed by atoms with Crippen molar-refractivity contribution in [3.8, 4) is 0 Å². The maximum Gasteiger partial charge on any atom is 0.221 e. The van der Waals surface area contributed by atoms with Gasteiger partial charge in [0.1, 0.15) is 0 Å². The Hall–Kier alpha value is -1.11. The Labute approximate surface area is 130 Å². The van der Waals surface area contributed by atoms with E-state index in [1.54, 1.807) is 10.9 Å². The normalized spacial score (nSPS) is 16.1. The molecular weight excluding hydrogens is 292 g/mol. The number of aryl methyl sites for hydroxylation is 1. The Kier molecular flexibility index (Phi) is 6.48. The topological polar surface area (TPSA) is 59.4 Å². The Balaban J connectivity index is 1.56. The average Bonchev–Trinajstić information content (AvgIpc) is 2.82. The van der Waals surface area contributed by atoms with Crippen molar-refractivity contribution < 1.29 is 9.53 Å². The summed E-state index contributed by atoms with van der Waals surface area (Å²) in [6, 6.07) is 0. The molecule has 0 radical (unpaired) electrons. The lowest BCUT2D eigenvalue weighted by molar-refractivity contribution is -0.121. The van der Waals surface area contributed by atoms with Gasteiger partial charge < -0.3 is 10.1 Å². The number of morpholine rings is 1. The largest absolute Gasteiger partial charge is 0.379 e. The van der Waals surface area contributed by atoms with Gasteiger partial charge in [-0.1, -0.05) is 11.6 Å². The SMILES string of the molecule is Cc1c(Cl)cnn1CCC(=O)NCCCN1CCOCC1. The number of nitrogens with zero attached hydrogens (tertiary/aromatic N) is 3. The van der Waals surface area contributed by atoms with Gasteiger partial charge >= 0.3 is 0 Å². The van der Waals surface area contributed by atoms with Crippen LogP contribution in [0.1, 0.15) is 18.5 Å². The first-order chi connectivity index (χ1) is 10.2. The third kappa shape index (κ3) is 5.30. The summed E-state index contributed by atoms with van der Waals surface area (Å²) >= 11 is 5.92. The van der Waals surface area contributed by atoms with E-state index in [-0.39, 0.29) is 5.91 Å². The van der Waals surface area contributed by atoms with Crippen molar-refractivity contribution in [1.82, 2.24) is 20.0 Å². The minimum absolute atomic E-state index is 0.0583. The number of hydrogen-bond donors (Lipinski definition) is 1. The molecule has 1 aromatic rings. The van der Waals surface area contributed by atoms with Gasteiger partial charge in [0.05, 0.1) is 36.7 Å². The maximum absolute atomic E-state index is 11.8. The molecule has 0 aliphatic carbocycles. The fraction of sp³-hybridized carbons (Fsp3) is 0.714. The molecule has 2 rings (SSSR count). The number of rotatable bonds is 7. The van der Waals surface area contributed by atoms with E-state index in [2.05, 4.69) is 15.3 Å². The second-order valence-electron chi connectivity index (χ2n) is 5.21. The lowest BCUT2D eigenvalue weighted by Crippen LogP contribution is -2.38. The molecule has 7 heteroatoms. The van der Waals surface area contributed by atoms with E-state index in [1.807, 2.05) is 6.92 Å². The highest BCUT2D eigenvalue weighted by molar-refractivity contribution is 6.31. The van der Waals surface area contributed by atoms with E-state index in [1.165, 1.54) is 0 Å². The summed E-state index contributed by atoms with van der Waals surface area (Å²) < 4.78 is 7.06. The first kappa shape index (κ1) is 16.3. The predicted octanol–water partition coefficient (Wildman–Crippen LogP) is 1.07. The molecular formula is C14H23ClN4O2. The average molecular weight is 315 g/mol. The molecule has 0 spiro atoms. The van der Waals surface area contributed by atoms with Crippen LogP contribution >= 0.6 is 11.6 Å². The number of ether oxygens (including phenoxy) is 1. The fourth-order valence-electron chi connectivity index (χ4n) is 2.30. The van der Waals surface area contributed by atoms with E-state index >= 15 is 0 Å². The molecule has 21 heavy (non-hydrogen) atoms. The van der Waals surface area contributed by atoms with Gasteiger partial charge in [-0.3, -0.25) is 14.4 Å². The minimum atomic E-state index is 0.0583. The first-order valence-corrected chi connectivity index (χ1v) is 7.79. The van der Waals surface area contributed by atoms with Gasteiger partial charge in [-0.2, -0.15) is 5.10 Å². The summed E-state index contributed by atoms with van der Waals surface area (Å²) in [5.41, 5.74) is 0.900. The van der Waals surface area contributed by atoms with E-state index in [0.29, 0.717) is 18.0 Å². The standard InChI is InChI=1S/C14H23ClN4O2/c1-12-13(15)11-17-19(12)6-3-14(20)16-4-2-5-18-7-9-21-10-8-18/h11H,2-10H2,1H3,(H,16,20). The molecule has 0 atom stereocenters. The van der Waals surface area contributed by atoms with Crippen molar-refractivity contribution in [2.75, 3.05) is 39.4 Å². The van der Waals surface area contributed by atoms with Crippen LogP contribution < -0.4 is 5.32 Å². The smallest absolute Gasteiger partial charge is 0.221 e. The van der Waals surface area contributed by atoms with Gasteiger partial charge in [-0.05, 0) is 19.9 Å². The number of hydrogen-bond acceptors (Lipinski definition) is 4. The maximum atomic E-state index is 11.8. The van der Waals surface area contributed by atoms with E-state index in [0.717, 1.165) is 51.5 Å². The molecule has 1 saturated heterocycles. The number of nitrogens with one attached hydrogen (secondary N) is 1. The second-order valence-corrected chi connectivity index (χ2v) is 5.62. The van der Waals surface area contributed by atoms with Crippen molar-refractivity contribution in [2.24, 2.45) is 0 Å². The van der Waals surface area contributed by atoms with E-state index in [9.17, 15) is 4.79 Å². The number of amides is 1. The van der Waals surface area contributed by atoms with Crippen LogP contribution in [-0.2, 0) is 16.1 Å². The molecule has 0 aromatic carbocycles. The van der Waals surface area contributed by atoms with Gasteiger partial charge in [0.2, 0.25) is 5.91 Å². The molecule has 1 fully saturated rings. The summed E-state index contributed by atoms with van der Waals surface area (Å²) in [7, 11) is 0. The summed E-state index contributed by atoms with van der Waals surface area (Å²) in [5.74, 6) is 0.0583. The Morgan fingerprint density at radius 1 is 1.43 bits per heavy atom. The van der Waals surface area contributed by atoms with Crippen LogP contribution in [0.3, 0.4) is 0 Å². The van der Waals surface area contributed by atoms with Gasteiger partial charge in [0.15, 0.2) is 0 Å². The third-order valence-corrected chi connectivity index (χ3v) is 4.04. The molecule has 1 amide bonds. The van der Waals surface area contributed by atoms with Crippen LogP contribution in [0.4, 0.5) is 0 Å². The molecule has 1 aliphatic rings. The zero-order valence-electron chi connectivity index (χ0n) is 12.5. The molecule has 1 aromatic heterocycles. The molecule has 6 nitrogen and oxygen atoms in total. The van der Waals surface area contributed by atoms with Crippen molar-refractivity contribution in [1.29, 1.82) is 0 Å².